The number of thiazole rings is 1. The number of carbonyl (C=O) groups excluding carboxylic acids is 1. The maximum Gasteiger partial charge on any atom is 0.228 e. The molecule has 5 heteroatoms. The molecule has 0 bridgehead atoms. The zero-order valence-electron chi connectivity index (χ0n) is 9.39. The van der Waals surface area contributed by atoms with Crippen molar-refractivity contribution in [1.29, 1.82) is 0 Å². The molecule has 1 saturated heterocycles. The highest BCUT2D eigenvalue weighted by Crippen LogP contribution is 2.31. The van der Waals surface area contributed by atoms with Gasteiger partial charge in [0.2, 0.25) is 5.91 Å². The zero-order chi connectivity index (χ0) is 12.7. The highest BCUT2D eigenvalue weighted by atomic mass is 35.5. The van der Waals surface area contributed by atoms with Gasteiger partial charge in [0, 0.05) is 24.6 Å². The Balaban J connectivity index is 1.99. The fourth-order valence-electron chi connectivity index (χ4n) is 2.12. The molecule has 0 aliphatic carbocycles. The van der Waals surface area contributed by atoms with Crippen molar-refractivity contribution in [2.24, 2.45) is 5.92 Å². The summed E-state index contributed by atoms with van der Waals surface area (Å²) in [6, 6.07) is 5.70. The lowest BCUT2D eigenvalue weighted by atomic mass is 10.1. The van der Waals surface area contributed by atoms with Gasteiger partial charge in [-0.25, -0.2) is 4.98 Å². The van der Waals surface area contributed by atoms with Crippen LogP contribution in [0.25, 0.3) is 10.2 Å². The van der Waals surface area contributed by atoms with Crippen molar-refractivity contribution in [3.05, 3.63) is 22.7 Å². The van der Waals surface area contributed by atoms with Crippen LogP contribution in [0, 0.1) is 18.3 Å². The molecular formula is C13H9ClN2OS. The zero-order valence-corrected chi connectivity index (χ0v) is 11.0. The second-order valence-corrected chi connectivity index (χ2v) is 5.80. The summed E-state index contributed by atoms with van der Waals surface area (Å²) in [5.74, 6) is 2.73. The van der Waals surface area contributed by atoms with E-state index < -0.39 is 0 Å². The number of halogens is 1. The van der Waals surface area contributed by atoms with E-state index in [-0.39, 0.29) is 11.8 Å². The Morgan fingerprint density at radius 3 is 3.11 bits per heavy atom. The molecule has 0 saturated carbocycles. The van der Waals surface area contributed by atoms with Crippen molar-refractivity contribution in [2.45, 2.75) is 6.42 Å². The number of rotatable bonds is 1. The van der Waals surface area contributed by atoms with Crippen LogP contribution in [0.4, 0.5) is 5.69 Å². The van der Waals surface area contributed by atoms with E-state index in [1.807, 2.05) is 18.2 Å². The van der Waals surface area contributed by atoms with E-state index in [0.29, 0.717) is 17.4 Å². The lowest BCUT2D eigenvalue weighted by Gasteiger charge is -2.15. The quantitative estimate of drug-likeness (QED) is 0.751. The summed E-state index contributed by atoms with van der Waals surface area (Å²) >= 11 is 7.28. The number of amides is 1. The maximum atomic E-state index is 11.9. The number of nitrogens with zero attached hydrogens (tertiary/aromatic N) is 2. The Morgan fingerprint density at radius 1 is 1.56 bits per heavy atom. The van der Waals surface area contributed by atoms with Crippen LogP contribution in [0.3, 0.4) is 0 Å². The minimum Gasteiger partial charge on any atom is -0.311 e. The minimum absolute atomic E-state index is 0.0123. The first-order valence-corrected chi connectivity index (χ1v) is 6.69. The molecule has 1 aromatic heterocycles. The molecule has 0 N–H and O–H groups in total. The SMILES string of the molecule is C#CC1CC(=O)N(c2ccc3nc(Cl)sc3c2)C1. The average molecular weight is 277 g/mol. The number of aromatic nitrogens is 1. The lowest BCUT2D eigenvalue weighted by Crippen LogP contribution is -2.24. The van der Waals surface area contributed by atoms with Gasteiger partial charge in [-0.05, 0) is 18.2 Å². The Hall–Kier alpha value is -1.57. The molecule has 1 unspecified atom stereocenters. The molecule has 1 fully saturated rings. The van der Waals surface area contributed by atoms with Crippen molar-refractivity contribution in [2.75, 3.05) is 11.4 Å². The Morgan fingerprint density at radius 2 is 2.39 bits per heavy atom. The number of hydrogen-bond acceptors (Lipinski definition) is 3. The largest absolute Gasteiger partial charge is 0.311 e. The van der Waals surface area contributed by atoms with E-state index in [2.05, 4.69) is 10.9 Å². The van der Waals surface area contributed by atoms with Crippen LogP contribution >= 0.6 is 22.9 Å². The van der Waals surface area contributed by atoms with Crippen LogP contribution in [-0.4, -0.2) is 17.4 Å². The van der Waals surface area contributed by atoms with Gasteiger partial charge in [-0.3, -0.25) is 4.79 Å². The van der Waals surface area contributed by atoms with Gasteiger partial charge in [0.05, 0.1) is 10.2 Å². The van der Waals surface area contributed by atoms with Gasteiger partial charge >= 0.3 is 0 Å². The average Bonchev–Trinajstić information content (AvgIpc) is 2.89. The third-order valence-electron chi connectivity index (χ3n) is 3.02. The molecule has 1 aromatic carbocycles. The first-order chi connectivity index (χ1) is 8.67. The summed E-state index contributed by atoms with van der Waals surface area (Å²) in [5, 5.41) is 0. The van der Waals surface area contributed by atoms with Crippen molar-refractivity contribution in [3.8, 4) is 12.3 Å². The summed E-state index contributed by atoms with van der Waals surface area (Å²) in [7, 11) is 0. The highest BCUT2D eigenvalue weighted by molar-refractivity contribution is 7.22. The molecule has 1 aliphatic heterocycles. The van der Waals surface area contributed by atoms with E-state index >= 15 is 0 Å². The van der Waals surface area contributed by atoms with Gasteiger partial charge in [0.15, 0.2) is 4.47 Å². The number of anilines is 1. The Bertz CT molecular complexity index is 673. The van der Waals surface area contributed by atoms with E-state index in [4.69, 9.17) is 18.0 Å². The molecule has 1 atom stereocenters. The molecule has 0 spiro atoms. The summed E-state index contributed by atoms with van der Waals surface area (Å²) < 4.78 is 1.49. The number of hydrogen-bond donors (Lipinski definition) is 0. The Kier molecular flexibility index (Phi) is 2.73. The van der Waals surface area contributed by atoms with Gasteiger partial charge in [-0.15, -0.1) is 23.7 Å². The van der Waals surface area contributed by atoms with Gasteiger partial charge in [0.1, 0.15) is 0 Å². The smallest absolute Gasteiger partial charge is 0.228 e. The summed E-state index contributed by atoms with van der Waals surface area (Å²) in [5.41, 5.74) is 1.72. The second kappa shape index (κ2) is 4.27. The number of terminal acetylenes is 1. The van der Waals surface area contributed by atoms with Crippen molar-refractivity contribution in [1.82, 2.24) is 4.98 Å². The molecule has 2 heterocycles. The van der Waals surface area contributed by atoms with Gasteiger partial charge in [-0.1, -0.05) is 11.6 Å². The van der Waals surface area contributed by atoms with E-state index in [9.17, 15) is 4.79 Å². The first-order valence-electron chi connectivity index (χ1n) is 5.50. The predicted molar refractivity (Wildman–Crippen MR) is 73.9 cm³/mol. The number of carbonyl (C=O) groups is 1. The fourth-order valence-corrected chi connectivity index (χ4v) is 3.19. The maximum absolute atomic E-state index is 11.9. The minimum atomic E-state index is 0.0123. The molecule has 3 rings (SSSR count). The van der Waals surface area contributed by atoms with E-state index in [0.717, 1.165) is 15.9 Å². The van der Waals surface area contributed by atoms with E-state index in [1.165, 1.54) is 11.3 Å². The van der Waals surface area contributed by atoms with E-state index in [1.54, 1.807) is 4.90 Å². The number of benzene rings is 1. The Labute approximate surface area is 113 Å². The van der Waals surface area contributed by atoms with Gasteiger partial charge < -0.3 is 4.90 Å². The predicted octanol–water partition coefficient (Wildman–Crippen LogP) is 2.94. The highest BCUT2D eigenvalue weighted by Gasteiger charge is 2.29. The molecule has 90 valence electrons. The molecular weight excluding hydrogens is 268 g/mol. The monoisotopic (exact) mass is 276 g/mol. The van der Waals surface area contributed by atoms with Crippen molar-refractivity contribution in [3.63, 3.8) is 0 Å². The van der Waals surface area contributed by atoms with Crippen LogP contribution < -0.4 is 4.90 Å². The molecule has 3 nitrogen and oxygen atoms in total. The third-order valence-corrected chi connectivity index (χ3v) is 4.14. The summed E-state index contributed by atoms with van der Waals surface area (Å²) in [6.45, 7) is 0.591. The number of fused-ring (bicyclic) bond motifs is 1. The topological polar surface area (TPSA) is 33.2 Å². The molecule has 1 aliphatic rings. The third kappa shape index (κ3) is 1.86. The van der Waals surface area contributed by atoms with Crippen LogP contribution in [-0.2, 0) is 4.79 Å². The van der Waals surface area contributed by atoms with Crippen LogP contribution in [0.5, 0.6) is 0 Å². The summed E-state index contributed by atoms with van der Waals surface area (Å²) in [6.07, 6.45) is 5.80. The van der Waals surface area contributed by atoms with Crippen molar-refractivity contribution >= 4 is 44.7 Å². The first kappa shape index (κ1) is 11.5. The fraction of sp³-hybridized carbons (Fsp3) is 0.231. The second-order valence-electron chi connectivity index (χ2n) is 4.19. The molecule has 0 radical (unpaired) electrons. The normalized spacial score (nSPS) is 19.4. The van der Waals surface area contributed by atoms with Gasteiger partial charge in [0.25, 0.3) is 0 Å². The lowest BCUT2D eigenvalue weighted by molar-refractivity contribution is -0.117. The standard InChI is InChI=1S/C13H9ClN2OS/c1-2-8-5-12(17)16(7-8)9-3-4-10-11(6-9)18-13(14)15-10/h1,3-4,6,8H,5,7H2. The summed E-state index contributed by atoms with van der Waals surface area (Å²) in [4.78, 5) is 17.8. The van der Waals surface area contributed by atoms with Crippen LogP contribution in [0.1, 0.15) is 6.42 Å². The van der Waals surface area contributed by atoms with Gasteiger partial charge in [-0.2, -0.15) is 0 Å². The van der Waals surface area contributed by atoms with Crippen LogP contribution in [0.15, 0.2) is 18.2 Å². The molecule has 18 heavy (non-hydrogen) atoms. The molecule has 2 aromatic rings. The van der Waals surface area contributed by atoms with Crippen molar-refractivity contribution < 1.29 is 4.79 Å². The van der Waals surface area contributed by atoms with Crippen LogP contribution in [0.2, 0.25) is 4.47 Å². The molecule has 1 amide bonds.